The van der Waals surface area contributed by atoms with Crippen LogP contribution in [0, 0.1) is 0 Å². The zero-order valence-electron chi connectivity index (χ0n) is 12.3. The van der Waals surface area contributed by atoms with Gasteiger partial charge >= 0.3 is 5.97 Å². The van der Waals surface area contributed by atoms with Gasteiger partial charge in [-0.25, -0.2) is 13.2 Å². The smallest absolute Gasteiger partial charge is 0.349 e. The maximum absolute atomic E-state index is 13.0. The SMILES string of the molecule is COC(=O)c1sccc1S(=O)(=O)N1CCCc2cc(Cl)ccc21. The maximum atomic E-state index is 13.0. The zero-order valence-corrected chi connectivity index (χ0v) is 14.7. The van der Waals surface area contributed by atoms with Crippen LogP contribution >= 0.6 is 22.9 Å². The van der Waals surface area contributed by atoms with Crippen molar-refractivity contribution in [2.75, 3.05) is 18.0 Å². The zero-order chi connectivity index (χ0) is 16.6. The Kier molecular flexibility index (Phi) is 4.35. The van der Waals surface area contributed by atoms with E-state index in [0.29, 0.717) is 23.7 Å². The molecule has 0 saturated carbocycles. The Morgan fingerprint density at radius 1 is 1.35 bits per heavy atom. The van der Waals surface area contributed by atoms with Gasteiger partial charge in [-0.2, -0.15) is 0 Å². The molecule has 0 unspecified atom stereocenters. The lowest BCUT2D eigenvalue weighted by Gasteiger charge is -2.30. The van der Waals surface area contributed by atoms with Crippen LogP contribution in [0.15, 0.2) is 34.5 Å². The van der Waals surface area contributed by atoms with Crippen molar-refractivity contribution in [2.24, 2.45) is 0 Å². The Morgan fingerprint density at radius 3 is 2.87 bits per heavy atom. The Morgan fingerprint density at radius 2 is 2.13 bits per heavy atom. The van der Waals surface area contributed by atoms with Gasteiger partial charge in [0, 0.05) is 11.6 Å². The van der Waals surface area contributed by atoms with E-state index in [1.54, 1.807) is 23.6 Å². The van der Waals surface area contributed by atoms with E-state index in [-0.39, 0.29) is 9.77 Å². The number of benzene rings is 1. The molecule has 0 radical (unpaired) electrons. The minimum Gasteiger partial charge on any atom is -0.465 e. The van der Waals surface area contributed by atoms with Crippen LogP contribution in [0.3, 0.4) is 0 Å². The monoisotopic (exact) mass is 371 g/mol. The fourth-order valence-electron chi connectivity index (χ4n) is 2.64. The summed E-state index contributed by atoms with van der Waals surface area (Å²) in [5.74, 6) is -0.646. The number of hydrogen-bond donors (Lipinski definition) is 0. The van der Waals surface area contributed by atoms with E-state index in [1.807, 2.05) is 0 Å². The number of hydrogen-bond acceptors (Lipinski definition) is 5. The summed E-state index contributed by atoms with van der Waals surface area (Å²) in [6.45, 7) is 0.368. The van der Waals surface area contributed by atoms with Gasteiger partial charge < -0.3 is 4.74 Å². The van der Waals surface area contributed by atoms with Gasteiger partial charge in [-0.05, 0) is 48.1 Å². The van der Waals surface area contributed by atoms with E-state index in [9.17, 15) is 13.2 Å². The average molecular weight is 372 g/mol. The summed E-state index contributed by atoms with van der Waals surface area (Å²) >= 11 is 7.05. The number of nitrogens with zero attached hydrogens (tertiary/aromatic N) is 1. The van der Waals surface area contributed by atoms with Crippen LogP contribution in [0.2, 0.25) is 5.02 Å². The lowest BCUT2D eigenvalue weighted by atomic mass is 10.0. The standard InChI is InChI=1S/C15H14ClNO4S2/c1-21-15(18)14-13(6-8-22-14)23(19,20)17-7-2-3-10-9-11(16)4-5-12(10)17/h4-6,8-9H,2-3,7H2,1H3. The van der Waals surface area contributed by atoms with Crippen molar-refractivity contribution in [2.45, 2.75) is 17.7 Å². The number of sulfonamides is 1. The summed E-state index contributed by atoms with van der Waals surface area (Å²) in [4.78, 5) is 11.9. The minimum absolute atomic E-state index is 0.0165. The van der Waals surface area contributed by atoms with Gasteiger partial charge in [0.05, 0.1) is 12.8 Å². The summed E-state index contributed by atoms with van der Waals surface area (Å²) in [6, 6.07) is 6.60. The Bertz CT molecular complexity index is 860. The predicted molar refractivity (Wildman–Crippen MR) is 90.0 cm³/mol. The lowest BCUT2D eigenvalue weighted by molar-refractivity contribution is 0.0602. The van der Waals surface area contributed by atoms with E-state index in [1.165, 1.54) is 17.5 Å². The number of carbonyl (C=O) groups excluding carboxylic acids is 1. The van der Waals surface area contributed by atoms with Crippen molar-refractivity contribution >= 4 is 44.6 Å². The number of thiophene rings is 1. The van der Waals surface area contributed by atoms with Gasteiger partial charge in [-0.1, -0.05) is 11.6 Å². The fourth-order valence-corrected chi connectivity index (χ4v) is 5.69. The molecule has 3 rings (SSSR count). The van der Waals surface area contributed by atoms with Gasteiger partial charge in [0.25, 0.3) is 10.0 Å². The quantitative estimate of drug-likeness (QED) is 0.776. The number of aryl methyl sites for hydroxylation is 1. The predicted octanol–water partition coefficient (Wildman–Crippen LogP) is 3.33. The van der Waals surface area contributed by atoms with Crippen molar-refractivity contribution in [3.8, 4) is 0 Å². The minimum atomic E-state index is -3.83. The molecular formula is C15H14ClNO4S2. The van der Waals surface area contributed by atoms with Gasteiger partial charge in [0.2, 0.25) is 0 Å². The van der Waals surface area contributed by atoms with Crippen molar-refractivity contribution in [1.82, 2.24) is 0 Å². The fraction of sp³-hybridized carbons (Fsp3) is 0.267. The molecule has 1 aromatic carbocycles. The number of fused-ring (bicyclic) bond motifs is 1. The van der Waals surface area contributed by atoms with Crippen LogP contribution in [0.1, 0.15) is 21.7 Å². The molecule has 2 heterocycles. The molecule has 0 amide bonds. The molecule has 0 spiro atoms. The summed E-state index contributed by atoms with van der Waals surface area (Å²) in [6.07, 6.45) is 1.47. The normalized spacial score (nSPS) is 14.4. The van der Waals surface area contributed by atoms with Gasteiger partial charge in [0.15, 0.2) is 0 Å². The van der Waals surface area contributed by atoms with Gasteiger partial charge in [0.1, 0.15) is 9.77 Å². The van der Waals surface area contributed by atoms with Crippen LogP contribution in [-0.2, 0) is 21.2 Å². The Hall–Kier alpha value is -1.57. The highest BCUT2D eigenvalue weighted by atomic mass is 35.5. The first-order valence-corrected chi connectivity index (χ1v) is 9.62. The van der Waals surface area contributed by atoms with E-state index >= 15 is 0 Å². The second kappa shape index (κ2) is 6.14. The van der Waals surface area contributed by atoms with Crippen LogP contribution in [0.4, 0.5) is 5.69 Å². The number of esters is 1. The molecule has 23 heavy (non-hydrogen) atoms. The molecule has 0 bridgehead atoms. The topological polar surface area (TPSA) is 63.7 Å². The molecule has 1 aliphatic heterocycles. The Labute approximate surface area is 143 Å². The van der Waals surface area contributed by atoms with Gasteiger partial charge in [-0.15, -0.1) is 11.3 Å². The molecule has 0 atom stereocenters. The first kappa shape index (κ1) is 16.3. The highest BCUT2D eigenvalue weighted by molar-refractivity contribution is 7.93. The van der Waals surface area contributed by atoms with Crippen LogP contribution in [0.25, 0.3) is 0 Å². The molecule has 122 valence electrons. The number of ether oxygens (including phenoxy) is 1. The second-order valence-electron chi connectivity index (χ2n) is 5.06. The first-order valence-electron chi connectivity index (χ1n) is 6.92. The number of carbonyl (C=O) groups is 1. The molecule has 0 N–H and O–H groups in total. The van der Waals surface area contributed by atoms with E-state index < -0.39 is 16.0 Å². The first-order chi connectivity index (χ1) is 10.9. The molecule has 0 aliphatic carbocycles. The summed E-state index contributed by atoms with van der Waals surface area (Å²) in [5.41, 5.74) is 1.50. The van der Waals surface area contributed by atoms with Crippen LogP contribution in [0.5, 0.6) is 0 Å². The molecule has 8 heteroatoms. The largest absolute Gasteiger partial charge is 0.465 e. The van der Waals surface area contributed by atoms with Crippen LogP contribution < -0.4 is 4.31 Å². The molecule has 5 nitrogen and oxygen atoms in total. The van der Waals surface area contributed by atoms with Crippen molar-refractivity contribution in [1.29, 1.82) is 0 Å². The number of anilines is 1. The number of halogens is 1. The molecular weight excluding hydrogens is 358 g/mol. The third-order valence-electron chi connectivity index (χ3n) is 3.69. The number of methoxy groups -OCH3 is 1. The summed E-state index contributed by atoms with van der Waals surface area (Å²) < 4.78 is 32.1. The molecule has 1 aromatic heterocycles. The van der Waals surface area contributed by atoms with Gasteiger partial charge in [-0.3, -0.25) is 4.31 Å². The maximum Gasteiger partial charge on any atom is 0.349 e. The molecule has 0 fully saturated rings. The van der Waals surface area contributed by atoms with Crippen molar-refractivity contribution in [3.05, 3.63) is 45.1 Å². The van der Waals surface area contributed by atoms with Crippen molar-refractivity contribution < 1.29 is 17.9 Å². The lowest BCUT2D eigenvalue weighted by Crippen LogP contribution is -2.36. The Balaban J connectivity index is 2.09. The van der Waals surface area contributed by atoms with E-state index in [0.717, 1.165) is 23.3 Å². The second-order valence-corrected chi connectivity index (χ2v) is 8.24. The van der Waals surface area contributed by atoms with Crippen molar-refractivity contribution in [3.63, 3.8) is 0 Å². The third-order valence-corrected chi connectivity index (χ3v) is 6.80. The van der Waals surface area contributed by atoms with E-state index in [4.69, 9.17) is 11.6 Å². The summed E-state index contributed by atoms with van der Waals surface area (Å²) in [5, 5.41) is 2.15. The average Bonchev–Trinajstić information content (AvgIpc) is 3.03. The highest BCUT2D eigenvalue weighted by Crippen LogP contribution is 2.35. The molecule has 1 aliphatic rings. The van der Waals surface area contributed by atoms with E-state index in [2.05, 4.69) is 4.74 Å². The summed E-state index contributed by atoms with van der Waals surface area (Å²) in [7, 11) is -2.60. The van der Waals surface area contributed by atoms with Crippen LogP contribution in [-0.4, -0.2) is 28.0 Å². The number of rotatable bonds is 3. The highest BCUT2D eigenvalue weighted by Gasteiger charge is 2.33. The third kappa shape index (κ3) is 2.84. The molecule has 0 saturated heterocycles. The molecule has 2 aromatic rings.